The second-order valence-electron chi connectivity index (χ2n) is 7.41. The van der Waals surface area contributed by atoms with Crippen LogP contribution in [0.15, 0.2) is 0 Å². The van der Waals surface area contributed by atoms with Crippen LogP contribution in [0.2, 0.25) is 0 Å². The van der Waals surface area contributed by atoms with E-state index in [-0.39, 0.29) is 12.1 Å². The van der Waals surface area contributed by atoms with E-state index < -0.39 is 0 Å². The van der Waals surface area contributed by atoms with Crippen molar-refractivity contribution in [2.75, 3.05) is 40.0 Å². The van der Waals surface area contributed by atoms with Gasteiger partial charge in [0.1, 0.15) is 0 Å². The standard InChI is InChI=1S/C17H34N2O2/c1-17(14-20,18-16-5-6-16)9-3-4-10-19(2)13-15-7-11-21-12-8-15/h15-16,18,20H,3-14H2,1-2H3. The number of nitrogens with one attached hydrogen (secondary N) is 1. The van der Waals surface area contributed by atoms with E-state index in [0.717, 1.165) is 25.6 Å². The van der Waals surface area contributed by atoms with E-state index in [1.54, 1.807) is 0 Å². The molecule has 124 valence electrons. The molecule has 21 heavy (non-hydrogen) atoms. The van der Waals surface area contributed by atoms with Gasteiger partial charge in [0.05, 0.1) is 6.61 Å². The van der Waals surface area contributed by atoms with Gasteiger partial charge in [-0.3, -0.25) is 0 Å². The Bertz CT molecular complexity index is 291. The van der Waals surface area contributed by atoms with Crippen LogP contribution in [-0.4, -0.2) is 61.5 Å². The number of nitrogens with zero attached hydrogens (tertiary/aromatic N) is 1. The maximum absolute atomic E-state index is 9.60. The Balaban J connectivity index is 1.55. The van der Waals surface area contributed by atoms with Crippen molar-refractivity contribution >= 4 is 0 Å². The lowest BCUT2D eigenvalue weighted by Crippen LogP contribution is -2.47. The molecule has 1 saturated heterocycles. The van der Waals surface area contributed by atoms with Crippen LogP contribution in [0.25, 0.3) is 0 Å². The first kappa shape index (κ1) is 17.2. The second-order valence-corrected chi connectivity index (χ2v) is 7.41. The molecule has 4 heteroatoms. The van der Waals surface area contributed by atoms with Gasteiger partial charge in [0.15, 0.2) is 0 Å². The minimum Gasteiger partial charge on any atom is -0.394 e. The third-order valence-corrected chi connectivity index (χ3v) is 4.91. The molecular formula is C17H34N2O2. The topological polar surface area (TPSA) is 44.7 Å². The van der Waals surface area contributed by atoms with Crippen LogP contribution in [0.5, 0.6) is 0 Å². The average Bonchev–Trinajstić information content (AvgIpc) is 3.28. The first-order valence-electron chi connectivity index (χ1n) is 8.76. The number of unbranched alkanes of at least 4 members (excludes halogenated alkanes) is 1. The average molecular weight is 298 g/mol. The Hall–Kier alpha value is -0.160. The first-order chi connectivity index (χ1) is 10.1. The summed E-state index contributed by atoms with van der Waals surface area (Å²) in [6, 6.07) is 0.665. The summed E-state index contributed by atoms with van der Waals surface area (Å²) in [6.45, 7) is 6.68. The van der Waals surface area contributed by atoms with Gasteiger partial charge in [-0.15, -0.1) is 0 Å². The van der Waals surface area contributed by atoms with Crippen molar-refractivity contribution in [2.45, 2.75) is 63.5 Å². The molecule has 1 aliphatic carbocycles. The highest BCUT2D eigenvalue weighted by Crippen LogP contribution is 2.25. The fourth-order valence-corrected chi connectivity index (χ4v) is 3.28. The van der Waals surface area contributed by atoms with Gasteiger partial charge in [-0.05, 0) is 65.0 Å². The zero-order valence-corrected chi connectivity index (χ0v) is 13.9. The van der Waals surface area contributed by atoms with Crippen molar-refractivity contribution in [1.82, 2.24) is 10.2 Å². The molecule has 1 unspecified atom stereocenters. The quantitative estimate of drug-likeness (QED) is 0.606. The number of aliphatic hydroxyl groups is 1. The largest absolute Gasteiger partial charge is 0.394 e. The van der Waals surface area contributed by atoms with E-state index in [0.29, 0.717) is 6.04 Å². The van der Waals surface area contributed by atoms with Gasteiger partial charge in [-0.1, -0.05) is 6.42 Å². The smallest absolute Gasteiger partial charge is 0.0610 e. The number of ether oxygens (including phenoxy) is 1. The molecule has 1 atom stereocenters. The first-order valence-corrected chi connectivity index (χ1v) is 8.76. The molecule has 0 spiro atoms. The van der Waals surface area contributed by atoms with Gasteiger partial charge in [0, 0.05) is 31.3 Å². The Morgan fingerprint density at radius 2 is 1.90 bits per heavy atom. The number of hydrogen-bond acceptors (Lipinski definition) is 4. The predicted octanol–water partition coefficient (Wildman–Crippen LogP) is 2.02. The van der Waals surface area contributed by atoms with Gasteiger partial charge in [-0.25, -0.2) is 0 Å². The maximum Gasteiger partial charge on any atom is 0.0610 e. The molecule has 2 fully saturated rings. The van der Waals surface area contributed by atoms with Crippen LogP contribution in [0.1, 0.15) is 51.9 Å². The molecule has 4 nitrogen and oxygen atoms in total. The summed E-state index contributed by atoms with van der Waals surface area (Å²) < 4.78 is 5.42. The molecule has 0 bridgehead atoms. The highest BCUT2D eigenvalue weighted by atomic mass is 16.5. The van der Waals surface area contributed by atoms with E-state index >= 15 is 0 Å². The van der Waals surface area contributed by atoms with Crippen molar-refractivity contribution in [3.05, 3.63) is 0 Å². The van der Waals surface area contributed by atoms with Crippen LogP contribution < -0.4 is 5.32 Å². The van der Waals surface area contributed by atoms with Crippen LogP contribution >= 0.6 is 0 Å². The normalized spacial score (nSPS) is 23.4. The molecule has 2 aliphatic rings. The van der Waals surface area contributed by atoms with E-state index in [4.69, 9.17) is 4.74 Å². The minimum atomic E-state index is -0.0690. The lowest BCUT2D eigenvalue weighted by Gasteiger charge is -2.30. The third kappa shape index (κ3) is 6.64. The summed E-state index contributed by atoms with van der Waals surface area (Å²) >= 11 is 0. The van der Waals surface area contributed by atoms with Crippen LogP contribution in [-0.2, 0) is 4.74 Å². The van der Waals surface area contributed by atoms with Crippen LogP contribution in [0.4, 0.5) is 0 Å². The zero-order chi connectivity index (χ0) is 15.1. The molecule has 0 amide bonds. The molecular weight excluding hydrogens is 264 g/mol. The Kier molecular flexibility index (Phi) is 6.93. The number of hydrogen-bond donors (Lipinski definition) is 2. The highest BCUT2D eigenvalue weighted by Gasteiger charge is 2.31. The second kappa shape index (κ2) is 8.47. The van der Waals surface area contributed by atoms with Crippen molar-refractivity contribution in [1.29, 1.82) is 0 Å². The fraction of sp³-hybridized carbons (Fsp3) is 1.00. The summed E-state index contributed by atoms with van der Waals surface area (Å²) in [5.74, 6) is 0.822. The summed E-state index contributed by atoms with van der Waals surface area (Å²) in [5, 5.41) is 13.2. The van der Waals surface area contributed by atoms with Gasteiger partial charge in [-0.2, -0.15) is 0 Å². The van der Waals surface area contributed by atoms with Gasteiger partial charge in [0.2, 0.25) is 0 Å². The van der Waals surface area contributed by atoms with Gasteiger partial charge >= 0.3 is 0 Å². The number of aliphatic hydroxyl groups excluding tert-OH is 1. The lowest BCUT2D eigenvalue weighted by molar-refractivity contribution is 0.0554. The highest BCUT2D eigenvalue weighted by molar-refractivity contribution is 4.92. The Labute approximate surface area is 130 Å². The van der Waals surface area contributed by atoms with Crippen LogP contribution in [0, 0.1) is 5.92 Å². The molecule has 1 saturated carbocycles. The Morgan fingerprint density at radius 1 is 1.19 bits per heavy atom. The summed E-state index contributed by atoms with van der Waals surface area (Å²) in [5.41, 5.74) is -0.0690. The monoisotopic (exact) mass is 298 g/mol. The van der Waals surface area contributed by atoms with Crippen molar-refractivity contribution < 1.29 is 9.84 Å². The fourth-order valence-electron chi connectivity index (χ4n) is 3.28. The van der Waals surface area contributed by atoms with Crippen LogP contribution in [0.3, 0.4) is 0 Å². The molecule has 0 aromatic carbocycles. The van der Waals surface area contributed by atoms with Gasteiger partial charge < -0.3 is 20.1 Å². The van der Waals surface area contributed by atoms with E-state index in [9.17, 15) is 5.11 Å². The molecule has 2 rings (SSSR count). The Morgan fingerprint density at radius 3 is 2.52 bits per heavy atom. The SMILES string of the molecule is CN(CCCCC(C)(CO)NC1CC1)CC1CCOCC1. The molecule has 0 aromatic rings. The van der Waals surface area contributed by atoms with Crippen molar-refractivity contribution in [2.24, 2.45) is 5.92 Å². The van der Waals surface area contributed by atoms with Crippen molar-refractivity contribution in [3.63, 3.8) is 0 Å². The third-order valence-electron chi connectivity index (χ3n) is 4.91. The minimum absolute atomic E-state index is 0.0690. The summed E-state index contributed by atoms with van der Waals surface area (Å²) in [6.07, 6.45) is 8.49. The van der Waals surface area contributed by atoms with E-state index in [2.05, 4.69) is 24.2 Å². The lowest BCUT2D eigenvalue weighted by atomic mass is 9.95. The van der Waals surface area contributed by atoms with E-state index in [1.165, 1.54) is 51.6 Å². The predicted molar refractivity (Wildman–Crippen MR) is 86.5 cm³/mol. The molecule has 0 aromatic heterocycles. The molecule has 1 aliphatic heterocycles. The summed E-state index contributed by atoms with van der Waals surface area (Å²) in [7, 11) is 2.24. The molecule has 0 radical (unpaired) electrons. The molecule has 2 N–H and O–H groups in total. The zero-order valence-electron chi connectivity index (χ0n) is 13.9. The summed E-state index contributed by atoms with van der Waals surface area (Å²) in [4.78, 5) is 2.47. The van der Waals surface area contributed by atoms with Crippen molar-refractivity contribution in [3.8, 4) is 0 Å². The number of rotatable bonds is 10. The maximum atomic E-state index is 9.60. The molecule has 1 heterocycles. The van der Waals surface area contributed by atoms with Gasteiger partial charge in [0.25, 0.3) is 0 Å². The van der Waals surface area contributed by atoms with E-state index in [1.807, 2.05) is 0 Å².